The van der Waals surface area contributed by atoms with Gasteiger partial charge in [-0.1, -0.05) is 18.2 Å². The first kappa shape index (κ1) is 19.1. The first-order valence-electron chi connectivity index (χ1n) is 8.36. The van der Waals surface area contributed by atoms with E-state index in [1.54, 1.807) is 54.7 Å². The van der Waals surface area contributed by atoms with Crippen molar-refractivity contribution in [2.24, 2.45) is 0 Å². The van der Waals surface area contributed by atoms with Crippen LogP contribution in [0.4, 0.5) is 5.69 Å². The monoisotopic (exact) mass is 400 g/mol. The summed E-state index contributed by atoms with van der Waals surface area (Å²) in [6, 6.07) is 15.6. The van der Waals surface area contributed by atoms with Gasteiger partial charge in [0.1, 0.15) is 0 Å². The Morgan fingerprint density at radius 3 is 2.44 bits per heavy atom. The number of anilines is 1. The number of rotatable bonds is 6. The fourth-order valence-electron chi connectivity index (χ4n) is 2.58. The predicted octanol–water partition coefficient (Wildman–Crippen LogP) is 4.10. The summed E-state index contributed by atoms with van der Waals surface area (Å²) in [5.41, 5.74) is 2.43. The van der Waals surface area contributed by atoms with E-state index in [4.69, 9.17) is 0 Å². The summed E-state index contributed by atoms with van der Waals surface area (Å²) in [6.45, 7) is 4.08. The molecule has 0 fully saturated rings. The van der Waals surface area contributed by atoms with Crippen LogP contribution in [0.5, 0.6) is 0 Å². The molecular formula is C20H20N2O3S2. The Bertz CT molecular complexity index is 1040. The van der Waals surface area contributed by atoms with Crippen molar-refractivity contribution in [2.75, 3.05) is 4.72 Å². The van der Waals surface area contributed by atoms with Crippen LogP contribution in [-0.2, 0) is 16.6 Å². The fourth-order valence-corrected chi connectivity index (χ4v) is 4.61. The van der Waals surface area contributed by atoms with Gasteiger partial charge in [-0.2, -0.15) is 0 Å². The van der Waals surface area contributed by atoms with Gasteiger partial charge in [0.05, 0.1) is 11.4 Å². The van der Waals surface area contributed by atoms with Crippen molar-refractivity contribution < 1.29 is 13.2 Å². The Morgan fingerprint density at radius 1 is 1.04 bits per heavy atom. The number of sulfonamides is 1. The van der Waals surface area contributed by atoms with Gasteiger partial charge in [-0.25, -0.2) is 8.42 Å². The highest BCUT2D eigenvalue weighted by Crippen LogP contribution is 2.21. The van der Waals surface area contributed by atoms with E-state index in [1.807, 2.05) is 30.5 Å². The lowest BCUT2D eigenvalue weighted by molar-refractivity contribution is 0.0951. The summed E-state index contributed by atoms with van der Waals surface area (Å²) < 4.78 is 27.8. The van der Waals surface area contributed by atoms with Gasteiger partial charge in [-0.3, -0.25) is 9.52 Å². The molecule has 0 spiro atoms. The van der Waals surface area contributed by atoms with Crippen molar-refractivity contribution in [1.29, 1.82) is 0 Å². The average Bonchev–Trinajstić information content (AvgIpc) is 3.15. The van der Waals surface area contributed by atoms with Gasteiger partial charge in [0.25, 0.3) is 15.9 Å². The van der Waals surface area contributed by atoms with Gasteiger partial charge in [0, 0.05) is 16.1 Å². The predicted molar refractivity (Wildman–Crippen MR) is 109 cm³/mol. The maximum Gasteiger partial charge on any atom is 0.262 e. The molecule has 0 bridgehead atoms. The molecule has 140 valence electrons. The van der Waals surface area contributed by atoms with Gasteiger partial charge in [-0.05, 0) is 66.8 Å². The maximum atomic E-state index is 12.6. The van der Waals surface area contributed by atoms with Crippen molar-refractivity contribution >= 4 is 33.0 Å². The van der Waals surface area contributed by atoms with Crippen molar-refractivity contribution in [3.63, 3.8) is 0 Å². The van der Waals surface area contributed by atoms with Crippen molar-refractivity contribution in [3.05, 3.63) is 81.5 Å². The zero-order valence-corrected chi connectivity index (χ0v) is 16.7. The van der Waals surface area contributed by atoms with Crippen LogP contribution in [0.15, 0.2) is 64.9 Å². The number of hydrogen-bond acceptors (Lipinski definition) is 4. The molecule has 0 atom stereocenters. The van der Waals surface area contributed by atoms with Crippen LogP contribution in [0.1, 0.15) is 26.4 Å². The number of aryl methyl sites for hydroxylation is 2. The first-order valence-corrected chi connectivity index (χ1v) is 10.7. The number of nitrogens with one attached hydrogen (secondary N) is 2. The lowest BCUT2D eigenvalue weighted by atomic mass is 10.2. The molecule has 0 aliphatic heterocycles. The van der Waals surface area contributed by atoms with Gasteiger partial charge >= 0.3 is 0 Å². The Balaban J connectivity index is 1.69. The van der Waals surface area contributed by atoms with Crippen LogP contribution >= 0.6 is 11.3 Å². The standard InChI is InChI=1S/C20H20N2O3S2/c1-14-5-6-15(2)19(12-14)27(24,25)22-17-9-7-16(8-10-17)20(23)21-13-18-4-3-11-26-18/h3-12,22H,13H2,1-2H3,(H,21,23). The second-order valence-corrected chi connectivity index (χ2v) is 8.90. The van der Waals surface area contributed by atoms with E-state index in [1.165, 1.54) is 0 Å². The fraction of sp³-hybridized carbons (Fsp3) is 0.150. The molecule has 0 unspecified atom stereocenters. The third-order valence-electron chi connectivity index (χ3n) is 4.04. The molecule has 1 aromatic heterocycles. The number of thiophene rings is 1. The topological polar surface area (TPSA) is 75.3 Å². The summed E-state index contributed by atoms with van der Waals surface area (Å²) in [6.07, 6.45) is 0. The highest BCUT2D eigenvalue weighted by Gasteiger charge is 2.17. The Morgan fingerprint density at radius 2 is 1.78 bits per heavy atom. The lowest BCUT2D eigenvalue weighted by Gasteiger charge is -2.11. The molecule has 2 N–H and O–H groups in total. The number of hydrogen-bond donors (Lipinski definition) is 2. The molecule has 0 saturated carbocycles. The second kappa shape index (κ2) is 7.94. The quantitative estimate of drug-likeness (QED) is 0.654. The highest BCUT2D eigenvalue weighted by atomic mass is 32.2. The van der Waals surface area contributed by atoms with E-state index in [0.717, 1.165) is 10.4 Å². The van der Waals surface area contributed by atoms with Gasteiger partial charge in [0.2, 0.25) is 0 Å². The number of carbonyl (C=O) groups excluding carboxylic acids is 1. The summed E-state index contributed by atoms with van der Waals surface area (Å²) in [5.74, 6) is -0.202. The number of amides is 1. The minimum Gasteiger partial charge on any atom is -0.347 e. The summed E-state index contributed by atoms with van der Waals surface area (Å²) >= 11 is 1.58. The van der Waals surface area contributed by atoms with Crippen LogP contribution < -0.4 is 10.0 Å². The SMILES string of the molecule is Cc1ccc(C)c(S(=O)(=O)Nc2ccc(C(=O)NCc3cccs3)cc2)c1. The largest absolute Gasteiger partial charge is 0.347 e. The third-order valence-corrected chi connectivity index (χ3v) is 6.44. The van der Waals surface area contributed by atoms with E-state index in [2.05, 4.69) is 10.0 Å². The van der Waals surface area contributed by atoms with Crippen LogP contribution in [0.25, 0.3) is 0 Å². The second-order valence-electron chi connectivity index (χ2n) is 6.21. The molecule has 0 saturated heterocycles. The van der Waals surface area contributed by atoms with Crippen molar-refractivity contribution in [3.8, 4) is 0 Å². The van der Waals surface area contributed by atoms with Gasteiger partial charge < -0.3 is 5.32 Å². The molecule has 0 radical (unpaired) electrons. The van der Waals surface area contributed by atoms with Crippen molar-refractivity contribution in [2.45, 2.75) is 25.3 Å². The smallest absolute Gasteiger partial charge is 0.262 e. The molecule has 2 aromatic carbocycles. The number of carbonyl (C=O) groups is 1. The van der Waals surface area contributed by atoms with E-state index in [9.17, 15) is 13.2 Å². The molecule has 3 rings (SSSR count). The Labute approximate surface area is 163 Å². The molecule has 5 nitrogen and oxygen atoms in total. The lowest BCUT2D eigenvalue weighted by Crippen LogP contribution is -2.22. The molecule has 7 heteroatoms. The van der Waals surface area contributed by atoms with E-state index in [-0.39, 0.29) is 10.8 Å². The molecule has 1 heterocycles. The molecule has 27 heavy (non-hydrogen) atoms. The van der Waals surface area contributed by atoms with Crippen LogP contribution in [0.3, 0.4) is 0 Å². The van der Waals surface area contributed by atoms with Gasteiger partial charge in [0.15, 0.2) is 0 Å². The molecule has 3 aromatic rings. The van der Waals surface area contributed by atoms with Crippen LogP contribution in [0, 0.1) is 13.8 Å². The van der Waals surface area contributed by atoms with Crippen molar-refractivity contribution in [1.82, 2.24) is 5.32 Å². The van der Waals surface area contributed by atoms with E-state index >= 15 is 0 Å². The van der Waals surface area contributed by atoms with E-state index < -0.39 is 10.0 Å². The van der Waals surface area contributed by atoms with Crippen LogP contribution in [0.2, 0.25) is 0 Å². The zero-order valence-electron chi connectivity index (χ0n) is 15.0. The minimum absolute atomic E-state index is 0.202. The summed E-state index contributed by atoms with van der Waals surface area (Å²) in [7, 11) is -3.69. The Kier molecular flexibility index (Phi) is 5.62. The molecule has 1 amide bonds. The van der Waals surface area contributed by atoms with E-state index in [0.29, 0.717) is 23.4 Å². The first-order chi connectivity index (χ1) is 12.8. The Hall–Kier alpha value is -2.64. The minimum atomic E-state index is -3.69. The normalized spacial score (nSPS) is 11.2. The third kappa shape index (κ3) is 4.75. The molecular weight excluding hydrogens is 380 g/mol. The highest BCUT2D eigenvalue weighted by molar-refractivity contribution is 7.92. The summed E-state index contributed by atoms with van der Waals surface area (Å²) in [4.78, 5) is 13.5. The summed E-state index contributed by atoms with van der Waals surface area (Å²) in [5, 5.41) is 4.80. The molecule has 0 aliphatic rings. The molecule has 0 aliphatic carbocycles. The maximum absolute atomic E-state index is 12.6. The number of benzene rings is 2. The average molecular weight is 401 g/mol. The van der Waals surface area contributed by atoms with Crippen LogP contribution in [-0.4, -0.2) is 14.3 Å². The van der Waals surface area contributed by atoms with Gasteiger partial charge in [-0.15, -0.1) is 11.3 Å². The zero-order chi connectivity index (χ0) is 19.4.